The fourth-order valence-corrected chi connectivity index (χ4v) is 3.54. The molecule has 0 bridgehead atoms. The number of carbonyl (C=O) groups excluding carboxylic acids is 1. The monoisotopic (exact) mass is 554 g/mol. The molecule has 32 heavy (non-hydrogen) atoms. The molecule has 2 heterocycles. The largest absolute Gasteiger partial charge is 0.444 e. The highest BCUT2D eigenvalue weighted by molar-refractivity contribution is 14.0. The third-order valence-electron chi connectivity index (χ3n) is 4.85. The van der Waals surface area contributed by atoms with Crippen molar-refractivity contribution in [3.8, 4) is 0 Å². The third kappa shape index (κ3) is 8.33. The van der Waals surface area contributed by atoms with E-state index in [2.05, 4.69) is 51.8 Å². The van der Waals surface area contributed by atoms with Gasteiger partial charge in [-0.2, -0.15) is 5.10 Å². The van der Waals surface area contributed by atoms with Gasteiger partial charge in [-0.1, -0.05) is 24.3 Å². The smallest absolute Gasteiger partial charge is 0.407 e. The van der Waals surface area contributed by atoms with Gasteiger partial charge in [-0.15, -0.1) is 24.0 Å². The first-order valence-electron chi connectivity index (χ1n) is 10.9. The predicted octanol–water partition coefficient (Wildman–Crippen LogP) is 3.61. The topological polar surface area (TPSA) is 83.8 Å². The van der Waals surface area contributed by atoms with Gasteiger partial charge in [0.25, 0.3) is 0 Å². The van der Waals surface area contributed by atoms with Crippen LogP contribution < -0.4 is 10.6 Å². The second-order valence-corrected chi connectivity index (χ2v) is 8.77. The van der Waals surface area contributed by atoms with Crippen molar-refractivity contribution in [2.45, 2.75) is 58.8 Å². The number of nitrogens with zero attached hydrogens (tertiary/aromatic N) is 4. The number of amides is 1. The number of hydrogen-bond acceptors (Lipinski definition) is 4. The molecule has 1 aliphatic rings. The highest BCUT2D eigenvalue weighted by atomic mass is 127. The molecule has 0 radical (unpaired) electrons. The summed E-state index contributed by atoms with van der Waals surface area (Å²) in [6.45, 7) is 11.3. The van der Waals surface area contributed by atoms with Crippen molar-refractivity contribution >= 4 is 36.0 Å². The minimum Gasteiger partial charge on any atom is -0.444 e. The summed E-state index contributed by atoms with van der Waals surface area (Å²) >= 11 is 0. The van der Waals surface area contributed by atoms with Gasteiger partial charge in [0.2, 0.25) is 0 Å². The zero-order chi connectivity index (χ0) is 22.3. The van der Waals surface area contributed by atoms with Crippen molar-refractivity contribution in [2.75, 3.05) is 19.6 Å². The quantitative estimate of drug-likeness (QED) is 0.324. The first kappa shape index (κ1) is 26.0. The van der Waals surface area contributed by atoms with Crippen molar-refractivity contribution in [1.82, 2.24) is 25.3 Å². The molecule has 0 aliphatic carbocycles. The molecule has 3 rings (SSSR count). The number of halogens is 1. The second-order valence-electron chi connectivity index (χ2n) is 8.77. The number of carbonyl (C=O) groups is 1. The lowest BCUT2D eigenvalue weighted by atomic mass is 10.1. The van der Waals surface area contributed by atoms with E-state index in [1.807, 2.05) is 37.7 Å². The number of aliphatic imine (C=N–C) groups is 1. The number of rotatable bonds is 6. The molecule has 0 saturated carbocycles. The van der Waals surface area contributed by atoms with Crippen molar-refractivity contribution in [3.63, 3.8) is 0 Å². The lowest BCUT2D eigenvalue weighted by molar-refractivity contribution is 0.0507. The number of ether oxygens (including phenoxy) is 1. The van der Waals surface area contributed by atoms with E-state index in [1.54, 1.807) is 6.20 Å². The van der Waals surface area contributed by atoms with Crippen LogP contribution in [0, 0.1) is 0 Å². The Morgan fingerprint density at radius 2 is 2.06 bits per heavy atom. The molecular formula is C23H35IN6O2. The van der Waals surface area contributed by atoms with E-state index >= 15 is 0 Å². The molecule has 1 fully saturated rings. The first-order chi connectivity index (χ1) is 14.8. The normalized spacial score (nSPS) is 16.4. The van der Waals surface area contributed by atoms with E-state index in [0.29, 0.717) is 13.1 Å². The van der Waals surface area contributed by atoms with Gasteiger partial charge in [-0.3, -0.25) is 4.68 Å². The van der Waals surface area contributed by atoms with Crippen LogP contribution in [-0.2, 0) is 17.8 Å². The Labute approximate surface area is 207 Å². The van der Waals surface area contributed by atoms with E-state index in [-0.39, 0.29) is 36.1 Å². The summed E-state index contributed by atoms with van der Waals surface area (Å²) in [5.41, 5.74) is 1.86. The molecule has 1 aromatic carbocycles. The molecule has 1 atom stereocenters. The van der Waals surface area contributed by atoms with E-state index in [0.717, 1.165) is 37.6 Å². The molecule has 1 saturated heterocycles. The first-order valence-corrected chi connectivity index (χ1v) is 10.9. The van der Waals surface area contributed by atoms with Crippen LogP contribution in [0.4, 0.5) is 4.79 Å². The SMILES string of the molecule is CCNC(=NCc1cccc(Cn2cccn2)c1)N1CCC(NC(=O)OC(C)(C)C)C1.I. The maximum atomic E-state index is 12.1. The molecule has 176 valence electrons. The Balaban J connectivity index is 0.00000363. The summed E-state index contributed by atoms with van der Waals surface area (Å²) in [7, 11) is 0. The maximum absolute atomic E-state index is 12.1. The van der Waals surface area contributed by atoms with Gasteiger partial charge in [-0.25, -0.2) is 9.79 Å². The van der Waals surface area contributed by atoms with Crippen LogP contribution in [0.5, 0.6) is 0 Å². The number of nitrogens with one attached hydrogen (secondary N) is 2. The predicted molar refractivity (Wildman–Crippen MR) is 137 cm³/mol. The van der Waals surface area contributed by atoms with E-state index in [4.69, 9.17) is 9.73 Å². The lowest BCUT2D eigenvalue weighted by Crippen LogP contribution is -2.44. The van der Waals surface area contributed by atoms with E-state index in [1.165, 1.54) is 5.56 Å². The molecule has 1 unspecified atom stereocenters. The van der Waals surface area contributed by atoms with Crippen molar-refractivity contribution in [1.29, 1.82) is 0 Å². The fraction of sp³-hybridized carbons (Fsp3) is 0.522. The van der Waals surface area contributed by atoms with E-state index < -0.39 is 5.60 Å². The molecule has 1 amide bonds. The van der Waals surface area contributed by atoms with Crippen molar-refractivity contribution < 1.29 is 9.53 Å². The van der Waals surface area contributed by atoms with Crippen molar-refractivity contribution in [3.05, 3.63) is 53.9 Å². The molecule has 2 aromatic rings. The van der Waals surface area contributed by atoms with Crippen LogP contribution >= 0.6 is 24.0 Å². The average molecular weight is 554 g/mol. The Bertz CT molecular complexity index is 879. The van der Waals surface area contributed by atoms with Crippen LogP contribution in [0.3, 0.4) is 0 Å². The van der Waals surface area contributed by atoms with Gasteiger partial charge in [0.05, 0.1) is 19.1 Å². The Hall–Kier alpha value is -2.30. The summed E-state index contributed by atoms with van der Waals surface area (Å²) in [4.78, 5) is 19.1. The minimum atomic E-state index is -0.495. The molecule has 8 nitrogen and oxygen atoms in total. The average Bonchev–Trinajstić information content (AvgIpc) is 3.36. The highest BCUT2D eigenvalue weighted by Gasteiger charge is 2.27. The molecular weight excluding hydrogens is 519 g/mol. The van der Waals surface area contributed by atoms with E-state index in [9.17, 15) is 4.79 Å². The Kier molecular flexibility index (Phi) is 9.80. The van der Waals surface area contributed by atoms with Gasteiger partial charge in [0.15, 0.2) is 5.96 Å². The molecule has 0 spiro atoms. The summed E-state index contributed by atoms with van der Waals surface area (Å²) in [5, 5.41) is 10.6. The number of likely N-dealkylation sites (tertiary alicyclic amines) is 1. The summed E-state index contributed by atoms with van der Waals surface area (Å²) in [6.07, 6.45) is 4.25. The van der Waals surface area contributed by atoms with Crippen molar-refractivity contribution in [2.24, 2.45) is 4.99 Å². The lowest BCUT2D eigenvalue weighted by Gasteiger charge is -2.23. The number of hydrogen-bond donors (Lipinski definition) is 2. The van der Waals surface area contributed by atoms with Gasteiger partial charge in [0, 0.05) is 32.0 Å². The minimum absolute atomic E-state index is 0. The molecule has 2 N–H and O–H groups in total. The number of benzene rings is 1. The molecule has 9 heteroatoms. The van der Waals surface area contributed by atoms with Crippen LogP contribution in [0.1, 0.15) is 45.2 Å². The highest BCUT2D eigenvalue weighted by Crippen LogP contribution is 2.13. The Morgan fingerprint density at radius 1 is 1.28 bits per heavy atom. The van der Waals surface area contributed by atoms with Crippen LogP contribution in [-0.4, -0.2) is 58.0 Å². The maximum Gasteiger partial charge on any atom is 0.407 e. The van der Waals surface area contributed by atoms with Crippen LogP contribution in [0.25, 0.3) is 0 Å². The van der Waals surface area contributed by atoms with Crippen LogP contribution in [0.2, 0.25) is 0 Å². The summed E-state index contributed by atoms with van der Waals surface area (Å²) in [5.74, 6) is 0.869. The second kappa shape index (κ2) is 12.1. The zero-order valence-electron chi connectivity index (χ0n) is 19.4. The fourth-order valence-electron chi connectivity index (χ4n) is 3.54. The molecule has 1 aliphatic heterocycles. The number of aromatic nitrogens is 2. The van der Waals surface area contributed by atoms with Gasteiger partial charge in [0.1, 0.15) is 5.60 Å². The van der Waals surface area contributed by atoms with Gasteiger partial charge >= 0.3 is 6.09 Å². The Morgan fingerprint density at radius 3 is 2.75 bits per heavy atom. The van der Waals surface area contributed by atoms with Crippen LogP contribution in [0.15, 0.2) is 47.7 Å². The molecule has 1 aromatic heterocycles. The zero-order valence-corrected chi connectivity index (χ0v) is 21.7. The number of alkyl carbamates (subject to hydrolysis) is 1. The summed E-state index contributed by atoms with van der Waals surface area (Å²) < 4.78 is 7.29. The number of guanidine groups is 1. The third-order valence-corrected chi connectivity index (χ3v) is 4.85. The van der Waals surface area contributed by atoms with Gasteiger partial charge in [-0.05, 0) is 51.3 Å². The standard InChI is InChI=1S/C23H34N6O2.HI/c1-5-24-21(28-13-10-20(17-28)27-22(30)31-23(2,3)4)25-15-18-8-6-9-19(14-18)16-29-12-7-11-26-29;/h6-9,11-12,14,20H,5,10,13,15-17H2,1-4H3,(H,24,25)(H,27,30);1H. The van der Waals surface area contributed by atoms with Gasteiger partial charge < -0.3 is 20.3 Å². The summed E-state index contributed by atoms with van der Waals surface area (Å²) in [6, 6.07) is 10.4.